The van der Waals surface area contributed by atoms with Crippen LogP contribution in [0.5, 0.6) is 5.75 Å². The number of carbonyl (C=O) groups is 1. The molecule has 0 radical (unpaired) electrons. The van der Waals surface area contributed by atoms with Crippen LogP contribution in [0.25, 0.3) is 0 Å². The summed E-state index contributed by atoms with van der Waals surface area (Å²) in [6.07, 6.45) is 0. The molecule has 2 aromatic carbocycles. The highest BCUT2D eigenvalue weighted by molar-refractivity contribution is 6.30. The first kappa shape index (κ1) is 10.7. The normalized spacial score (nSPS) is 9.81. The first-order valence-corrected chi connectivity index (χ1v) is 5.16. The van der Waals surface area contributed by atoms with Crippen molar-refractivity contribution in [2.75, 3.05) is 0 Å². The van der Waals surface area contributed by atoms with Crippen molar-refractivity contribution in [2.45, 2.75) is 0 Å². The molecule has 0 spiro atoms. The van der Waals surface area contributed by atoms with Gasteiger partial charge in [-0.3, -0.25) is 0 Å². The highest BCUT2D eigenvalue weighted by atomic mass is 35.5. The van der Waals surface area contributed by atoms with Crippen molar-refractivity contribution in [3.8, 4) is 5.75 Å². The average Bonchev–Trinajstić information content (AvgIpc) is 2.30. The third kappa shape index (κ3) is 2.61. The van der Waals surface area contributed by atoms with E-state index in [0.717, 1.165) is 0 Å². The summed E-state index contributed by atoms with van der Waals surface area (Å²) < 4.78 is 5.16. The van der Waals surface area contributed by atoms with Gasteiger partial charge in [-0.1, -0.05) is 35.9 Å². The molecule has 3 heteroatoms. The summed E-state index contributed by atoms with van der Waals surface area (Å²) in [7, 11) is 0. The Labute approximate surface area is 98.4 Å². The predicted octanol–water partition coefficient (Wildman–Crippen LogP) is 3.56. The zero-order chi connectivity index (χ0) is 11.4. The van der Waals surface area contributed by atoms with Gasteiger partial charge in [-0.05, 0) is 30.3 Å². The minimum atomic E-state index is -0.386. The summed E-state index contributed by atoms with van der Waals surface area (Å²) in [4.78, 5) is 11.7. The van der Waals surface area contributed by atoms with Gasteiger partial charge in [0.05, 0.1) is 5.56 Å². The van der Waals surface area contributed by atoms with Crippen molar-refractivity contribution in [1.82, 2.24) is 0 Å². The van der Waals surface area contributed by atoms with Crippen molar-refractivity contribution < 1.29 is 9.53 Å². The quantitative estimate of drug-likeness (QED) is 0.585. The second kappa shape index (κ2) is 4.81. The third-order valence-electron chi connectivity index (χ3n) is 2.02. The van der Waals surface area contributed by atoms with E-state index in [4.69, 9.17) is 16.3 Å². The lowest BCUT2D eigenvalue weighted by Crippen LogP contribution is -2.07. The molecular weight excluding hydrogens is 224 g/mol. The molecule has 0 heterocycles. The van der Waals surface area contributed by atoms with E-state index in [1.165, 1.54) is 0 Å². The smallest absolute Gasteiger partial charge is 0.343 e. The van der Waals surface area contributed by atoms with Crippen LogP contribution in [0, 0.1) is 0 Å². The largest absolute Gasteiger partial charge is 0.423 e. The lowest BCUT2D eigenvalue weighted by atomic mass is 10.2. The Hall–Kier alpha value is -1.80. The van der Waals surface area contributed by atoms with Crippen LogP contribution in [0.3, 0.4) is 0 Å². The van der Waals surface area contributed by atoms with Gasteiger partial charge in [0.2, 0.25) is 0 Å². The predicted molar refractivity (Wildman–Crippen MR) is 62.9 cm³/mol. The van der Waals surface area contributed by atoms with E-state index in [1.54, 1.807) is 48.5 Å². The molecule has 0 atom stereocenters. The molecule has 0 aliphatic carbocycles. The van der Waals surface area contributed by atoms with Gasteiger partial charge in [0.1, 0.15) is 5.75 Å². The van der Waals surface area contributed by atoms with E-state index < -0.39 is 0 Å². The molecule has 2 nitrogen and oxygen atoms in total. The first-order valence-electron chi connectivity index (χ1n) is 4.78. The highest BCUT2D eigenvalue weighted by Crippen LogP contribution is 2.18. The summed E-state index contributed by atoms with van der Waals surface area (Å²) in [6.45, 7) is 0. The van der Waals surface area contributed by atoms with Crippen LogP contribution in [-0.2, 0) is 0 Å². The Morgan fingerprint density at radius 2 is 1.75 bits per heavy atom. The minimum absolute atomic E-state index is 0.386. The lowest BCUT2D eigenvalue weighted by molar-refractivity contribution is 0.0735. The number of benzene rings is 2. The van der Waals surface area contributed by atoms with Gasteiger partial charge in [-0.15, -0.1) is 0 Å². The van der Waals surface area contributed by atoms with Gasteiger partial charge < -0.3 is 4.74 Å². The van der Waals surface area contributed by atoms with Crippen LogP contribution in [0.15, 0.2) is 54.6 Å². The minimum Gasteiger partial charge on any atom is -0.423 e. The van der Waals surface area contributed by atoms with Crippen molar-refractivity contribution in [2.24, 2.45) is 0 Å². The molecular formula is C13H9ClO2. The van der Waals surface area contributed by atoms with Crippen molar-refractivity contribution >= 4 is 17.6 Å². The number of esters is 1. The molecule has 0 fully saturated rings. The van der Waals surface area contributed by atoms with Crippen LogP contribution >= 0.6 is 11.6 Å². The van der Waals surface area contributed by atoms with Gasteiger partial charge in [0.25, 0.3) is 0 Å². The Morgan fingerprint density at radius 1 is 1.00 bits per heavy atom. The van der Waals surface area contributed by atoms with E-state index in [1.807, 2.05) is 6.07 Å². The maximum Gasteiger partial charge on any atom is 0.343 e. The van der Waals surface area contributed by atoms with E-state index >= 15 is 0 Å². The number of hydrogen-bond donors (Lipinski definition) is 0. The van der Waals surface area contributed by atoms with E-state index in [0.29, 0.717) is 16.3 Å². The number of hydrogen-bond acceptors (Lipinski definition) is 2. The Kier molecular flexibility index (Phi) is 3.22. The monoisotopic (exact) mass is 232 g/mol. The van der Waals surface area contributed by atoms with Crippen molar-refractivity contribution in [1.29, 1.82) is 0 Å². The maximum absolute atomic E-state index is 11.7. The average molecular weight is 233 g/mol. The van der Waals surface area contributed by atoms with Crippen LogP contribution in [0.1, 0.15) is 10.4 Å². The van der Waals surface area contributed by atoms with Crippen LogP contribution < -0.4 is 4.74 Å². The van der Waals surface area contributed by atoms with Crippen molar-refractivity contribution in [3.63, 3.8) is 0 Å². The Balaban J connectivity index is 2.14. The van der Waals surface area contributed by atoms with Crippen molar-refractivity contribution in [3.05, 3.63) is 65.2 Å². The number of carbonyl (C=O) groups excluding carboxylic acids is 1. The lowest BCUT2D eigenvalue weighted by Gasteiger charge is -2.03. The van der Waals surface area contributed by atoms with E-state index in [9.17, 15) is 4.79 Å². The van der Waals surface area contributed by atoms with Gasteiger partial charge in [0, 0.05) is 5.02 Å². The number of ether oxygens (including phenoxy) is 1. The molecule has 0 amide bonds. The number of halogens is 1. The molecule has 0 saturated carbocycles. The molecule has 2 aromatic rings. The summed E-state index contributed by atoms with van der Waals surface area (Å²) in [5.74, 6) is 0.0595. The Bertz CT molecular complexity index is 494. The Morgan fingerprint density at radius 3 is 2.44 bits per heavy atom. The molecule has 80 valence electrons. The highest BCUT2D eigenvalue weighted by Gasteiger charge is 2.07. The molecule has 0 aliphatic heterocycles. The van der Waals surface area contributed by atoms with Gasteiger partial charge in [-0.25, -0.2) is 4.79 Å². The second-order valence-electron chi connectivity index (χ2n) is 3.21. The first-order chi connectivity index (χ1) is 7.75. The van der Waals surface area contributed by atoms with E-state index in [2.05, 4.69) is 0 Å². The fourth-order valence-electron chi connectivity index (χ4n) is 1.27. The summed E-state index contributed by atoms with van der Waals surface area (Å²) in [6, 6.07) is 15.6. The van der Waals surface area contributed by atoms with Gasteiger partial charge >= 0.3 is 5.97 Å². The van der Waals surface area contributed by atoms with E-state index in [-0.39, 0.29) is 5.97 Å². The van der Waals surface area contributed by atoms with Gasteiger partial charge in [-0.2, -0.15) is 0 Å². The standard InChI is InChI=1S/C13H9ClO2/c14-11-7-4-8-12(9-11)16-13(15)10-5-2-1-3-6-10/h1-9H. The molecule has 0 aliphatic rings. The fraction of sp³-hybridized carbons (Fsp3) is 0. The zero-order valence-electron chi connectivity index (χ0n) is 8.39. The zero-order valence-corrected chi connectivity index (χ0v) is 9.15. The molecule has 2 rings (SSSR count). The number of rotatable bonds is 2. The van der Waals surface area contributed by atoms with Crippen LogP contribution in [-0.4, -0.2) is 5.97 Å². The van der Waals surface area contributed by atoms with Gasteiger partial charge in [0.15, 0.2) is 0 Å². The van der Waals surface area contributed by atoms with Crippen LogP contribution in [0.4, 0.5) is 0 Å². The summed E-state index contributed by atoms with van der Waals surface area (Å²) in [5.41, 5.74) is 0.516. The maximum atomic E-state index is 11.7. The molecule has 0 bridgehead atoms. The molecule has 0 aromatic heterocycles. The fourth-order valence-corrected chi connectivity index (χ4v) is 1.45. The van der Waals surface area contributed by atoms with Crippen LogP contribution in [0.2, 0.25) is 5.02 Å². The molecule has 0 N–H and O–H groups in total. The summed E-state index contributed by atoms with van der Waals surface area (Å²) >= 11 is 5.78. The second-order valence-corrected chi connectivity index (χ2v) is 3.65. The SMILES string of the molecule is O=C(Oc1cccc(Cl)c1)c1ccccc1. The molecule has 0 saturated heterocycles. The summed E-state index contributed by atoms with van der Waals surface area (Å²) in [5, 5.41) is 0.540. The molecule has 0 unspecified atom stereocenters. The topological polar surface area (TPSA) is 26.3 Å². The third-order valence-corrected chi connectivity index (χ3v) is 2.25. The molecule has 16 heavy (non-hydrogen) atoms.